The van der Waals surface area contributed by atoms with Crippen LogP contribution >= 0.6 is 24.8 Å². The van der Waals surface area contributed by atoms with E-state index in [1.807, 2.05) is 18.2 Å². The lowest BCUT2D eigenvalue weighted by atomic mass is 10.1. The summed E-state index contributed by atoms with van der Waals surface area (Å²) in [6.07, 6.45) is -1.01. The van der Waals surface area contributed by atoms with E-state index in [-0.39, 0.29) is 61.4 Å². The van der Waals surface area contributed by atoms with E-state index in [1.165, 1.54) is 5.56 Å². The van der Waals surface area contributed by atoms with E-state index in [0.29, 0.717) is 25.7 Å². The largest absolute Gasteiger partial charge is 0.389 e. The molecule has 0 bridgehead atoms. The summed E-state index contributed by atoms with van der Waals surface area (Å²) in [6, 6.07) is 10.7. The first kappa shape index (κ1) is 33.4. The van der Waals surface area contributed by atoms with Crippen LogP contribution < -0.4 is 10.6 Å². The van der Waals surface area contributed by atoms with Crippen LogP contribution in [0.2, 0.25) is 0 Å². The average Bonchev–Trinajstić information content (AvgIpc) is 3.53. The van der Waals surface area contributed by atoms with Gasteiger partial charge in [-0.05, 0) is 12.5 Å². The second-order valence-corrected chi connectivity index (χ2v) is 8.38. The zero-order valence-corrected chi connectivity index (χ0v) is 22.1. The third-order valence-electron chi connectivity index (χ3n) is 6.26. The minimum Gasteiger partial charge on any atom is -0.389 e. The lowest BCUT2D eigenvalue weighted by Crippen LogP contribution is -2.26. The summed E-state index contributed by atoms with van der Waals surface area (Å²) in [5, 5.41) is 33.8. The zero-order valence-electron chi connectivity index (χ0n) is 20.5. The predicted octanol–water partition coefficient (Wildman–Crippen LogP) is 0.214. The number of ether oxygens (including phenoxy) is 3. The number of halogens is 2. The van der Waals surface area contributed by atoms with Crippen LogP contribution in [0.5, 0.6) is 0 Å². The molecule has 5 N–H and O–H groups in total. The molecule has 0 unspecified atom stereocenters. The number of methoxy groups -OCH3 is 3. The van der Waals surface area contributed by atoms with Crippen molar-refractivity contribution in [3.8, 4) is 0 Å². The Bertz CT molecular complexity index is 616. The Morgan fingerprint density at radius 1 is 0.735 bits per heavy atom. The molecular formula is C23H43Cl2N3O6. The summed E-state index contributed by atoms with van der Waals surface area (Å²) in [5.41, 5.74) is 1.28. The van der Waals surface area contributed by atoms with Gasteiger partial charge in [0, 0.05) is 66.6 Å². The molecule has 0 amide bonds. The standard InChI is InChI=1S/C13H19NO2.2C5H11NO2.2ClH/c1-10(11-6-4-3-5-7-11)14-8-12(15)13(9-14)16-2;2*1-8-5-3-6-2-4(5)7;;/h3-7,10,12-13,15H,8-9H2,1-2H3;2*4-7H,2-3H2,1H3;2*1H/t10-,12-,13-;2*4-,5-;;/m111../s1. The van der Waals surface area contributed by atoms with Crippen molar-refractivity contribution in [2.24, 2.45) is 0 Å². The van der Waals surface area contributed by atoms with Gasteiger partial charge in [-0.1, -0.05) is 30.3 Å². The normalized spacial score (nSPS) is 31.3. The van der Waals surface area contributed by atoms with E-state index in [9.17, 15) is 5.11 Å². The molecule has 3 aliphatic rings. The molecule has 3 heterocycles. The Hall–Kier alpha value is -0.560. The van der Waals surface area contributed by atoms with Gasteiger partial charge in [-0.15, -0.1) is 24.8 Å². The van der Waals surface area contributed by atoms with Gasteiger partial charge in [-0.3, -0.25) is 4.90 Å². The number of benzene rings is 1. The molecule has 0 spiro atoms. The quantitative estimate of drug-likeness (QED) is 0.366. The van der Waals surface area contributed by atoms with E-state index >= 15 is 0 Å². The molecule has 3 aliphatic heterocycles. The van der Waals surface area contributed by atoms with Crippen molar-refractivity contribution in [2.45, 2.75) is 49.6 Å². The maximum Gasteiger partial charge on any atom is 0.0969 e. The molecule has 3 fully saturated rings. The van der Waals surface area contributed by atoms with Gasteiger partial charge >= 0.3 is 0 Å². The third kappa shape index (κ3) is 10.2. The number of nitrogens with zero attached hydrogens (tertiary/aromatic N) is 1. The SMILES string of the molecule is CO[C@@H]1CN([C@H](C)c2ccccc2)C[C@H]1O.CO[C@@H]1CNC[C@H]1O.CO[C@@H]1CNC[C@H]1O.Cl.Cl. The topological polar surface area (TPSA) is 116 Å². The summed E-state index contributed by atoms with van der Waals surface area (Å²) >= 11 is 0. The Kier molecular flexibility index (Phi) is 17.5. The van der Waals surface area contributed by atoms with Gasteiger partial charge in [0.1, 0.15) is 0 Å². The first-order valence-corrected chi connectivity index (χ1v) is 11.2. The molecule has 11 heteroatoms. The van der Waals surface area contributed by atoms with Crippen LogP contribution in [-0.4, -0.2) is 117 Å². The number of rotatable bonds is 5. The van der Waals surface area contributed by atoms with Gasteiger partial charge in [0.2, 0.25) is 0 Å². The van der Waals surface area contributed by atoms with Crippen molar-refractivity contribution in [3.05, 3.63) is 35.9 Å². The molecule has 3 saturated heterocycles. The highest BCUT2D eigenvalue weighted by atomic mass is 35.5. The monoisotopic (exact) mass is 527 g/mol. The smallest absolute Gasteiger partial charge is 0.0969 e. The number of aliphatic hydroxyl groups excluding tert-OH is 3. The minimum absolute atomic E-state index is 0. The summed E-state index contributed by atoms with van der Waals surface area (Å²) < 4.78 is 15.1. The van der Waals surface area contributed by atoms with Crippen LogP contribution in [0, 0.1) is 0 Å². The highest BCUT2D eigenvalue weighted by molar-refractivity contribution is 5.85. The summed E-state index contributed by atoms with van der Waals surface area (Å²) in [6.45, 7) is 6.54. The number of likely N-dealkylation sites (tertiary alicyclic amines) is 1. The van der Waals surface area contributed by atoms with Crippen molar-refractivity contribution in [3.63, 3.8) is 0 Å². The molecule has 200 valence electrons. The number of nitrogens with one attached hydrogen (secondary N) is 2. The van der Waals surface area contributed by atoms with E-state index < -0.39 is 0 Å². The molecule has 0 aromatic heterocycles. The second-order valence-electron chi connectivity index (χ2n) is 8.38. The molecule has 0 saturated carbocycles. The molecule has 0 aliphatic carbocycles. The molecule has 4 rings (SSSR count). The summed E-state index contributed by atoms with van der Waals surface area (Å²) in [7, 11) is 4.88. The van der Waals surface area contributed by atoms with Gasteiger partial charge in [-0.25, -0.2) is 0 Å². The van der Waals surface area contributed by atoms with E-state index in [1.54, 1.807) is 21.3 Å². The third-order valence-corrected chi connectivity index (χ3v) is 6.26. The molecule has 0 radical (unpaired) electrons. The van der Waals surface area contributed by atoms with Crippen LogP contribution in [0.4, 0.5) is 0 Å². The van der Waals surface area contributed by atoms with Crippen molar-refractivity contribution in [1.29, 1.82) is 0 Å². The molecule has 9 nitrogen and oxygen atoms in total. The maximum atomic E-state index is 9.79. The summed E-state index contributed by atoms with van der Waals surface area (Å²) in [5.74, 6) is 0. The van der Waals surface area contributed by atoms with Gasteiger partial charge < -0.3 is 40.2 Å². The lowest BCUT2D eigenvalue weighted by molar-refractivity contribution is 0.0214. The minimum atomic E-state index is -0.365. The highest BCUT2D eigenvalue weighted by Crippen LogP contribution is 2.25. The van der Waals surface area contributed by atoms with E-state index in [2.05, 4.69) is 34.6 Å². The first-order valence-electron chi connectivity index (χ1n) is 11.2. The Morgan fingerprint density at radius 2 is 1.21 bits per heavy atom. The molecule has 1 aromatic carbocycles. The number of hydrogen-bond acceptors (Lipinski definition) is 9. The fraction of sp³-hybridized carbons (Fsp3) is 0.739. The van der Waals surface area contributed by atoms with Crippen molar-refractivity contribution in [2.75, 3.05) is 60.6 Å². The van der Waals surface area contributed by atoms with Crippen LogP contribution in [0.1, 0.15) is 18.5 Å². The zero-order chi connectivity index (χ0) is 23.5. The van der Waals surface area contributed by atoms with Crippen LogP contribution in [-0.2, 0) is 14.2 Å². The van der Waals surface area contributed by atoms with Gasteiger partial charge in [0.25, 0.3) is 0 Å². The van der Waals surface area contributed by atoms with Gasteiger partial charge in [-0.2, -0.15) is 0 Å². The van der Waals surface area contributed by atoms with E-state index in [0.717, 1.165) is 19.6 Å². The average molecular weight is 529 g/mol. The molecule has 34 heavy (non-hydrogen) atoms. The fourth-order valence-corrected chi connectivity index (χ4v) is 4.04. The first-order chi connectivity index (χ1) is 15.4. The van der Waals surface area contributed by atoms with Gasteiger partial charge in [0.05, 0.1) is 36.6 Å². The van der Waals surface area contributed by atoms with Crippen LogP contribution in [0.3, 0.4) is 0 Å². The molecule has 7 atom stereocenters. The van der Waals surface area contributed by atoms with Crippen molar-refractivity contribution in [1.82, 2.24) is 15.5 Å². The Labute approximate surface area is 216 Å². The number of aliphatic hydroxyl groups is 3. The fourth-order valence-electron chi connectivity index (χ4n) is 4.04. The van der Waals surface area contributed by atoms with Crippen molar-refractivity contribution < 1.29 is 29.5 Å². The van der Waals surface area contributed by atoms with Crippen LogP contribution in [0.25, 0.3) is 0 Å². The molecular weight excluding hydrogens is 485 g/mol. The lowest BCUT2D eigenvalue weighted by Gasteiger charge is -2.24. The number of hydrogen-bond donors (Lipinski definition) is 5. The number of β-amino-alcohol motifs (C(OH)–C–C–N with tert-alkyl or cyclic N) is 3. The van der Waals surface area contributed by atoms with Crippen molar-refractivity contribution >= 4 is 24.8 Å². The highest BCUT2D eigenvalue weighted by Gasteiger charge is 2.34. The maximum absolute atomic E-state index is 9.79. The summed E-state index contributed by atoms with van der Waals surface area (Å²) in [4.78, 5) is 2.26. The second kappa shape index (κ2) is 17.8. The molecule has 1 aromatic rings. The predicted molar refractivity (Wildman–Crippen MR) is 137 cm³/mol. The van der Waals surface area contributed by atoms with Gasteiger partial charge in [0.15, 0.2) is 0 Å². The van der Waals surface area contributed by atoms with Crippen LogP contribution in [0.15, 0.2) is 30.3 Å². The Balaban J connectivity index is 0.000000515. The Morgan fingerprint density at radius 3 is 1.53 bits per heavy atom. The van der Waals surface area contributed by atoms with E-state index in [4.69, 9.17) is 24.4 Å².